The molecule has 3 aromatic rings. The lowest BCUT2D eigenvalue weighted by molar-refractivity contribution is -0.114. The highest BCUT2D eigenvalue weighted by Crippen LogP contribution is 2.29. The van der Waals surface area contributed by atoms with E-state index in [4.69, 9.17) is 9.47 Å². The standard InChI is InChI=1S/C65H95N7O10/c1-13-21-25-46(17-5)40-71(41-47(18-6)26-22-14-2)62(77)52-36-53(63(78)72(42-48(19-7)27-23-15-3)43-49(20-8)28-24-16-4)38-55(37-52)67-70-60(45(10)74)61(76)66-54-32-29-50(30-33-54)35-58(75)59(44(9)73)69-68-57-39-51(64(79)81-11)31-34-56(57)65(80)82-12/h29-34,36-39,46-49,74-75H,13-28,35,40-43H2,1-12H3,(H,66,76). The third kappa shape index (κ3) is 22.4. The molecule has 17 heteroatoms. The smallest absolute Gasteiger partial charge is 0.340 e. The average molecular weight is 1130 g/mol. The fourth-order valence-corrected chi connectivity index (χ4v) is 9.82. The van der Waals surface area contributed by atoms with E-state index < -0.39 is 46.5 Å². The van der Waals surface area contributed by atoms with E-state index in [0.29, 0.717) is 72.2 Å². The van der Waals surface area contributed by atoms with Gasteiger partial charge in [-0.1, -0.05) is 145 Å². The van der Waals surface area contributed by atoms with E-state index in [0.717, 1.165) is 103 Å². The summed E-state index contributed by atoms with van der Waals surface area (Å²) in [5.74, 6) is -2.96. The lowest BCUT2D eigenvalue weighted by Crippen LogP contribution is -2.40. The number of hydrogen-bond acceptors (Lipinski definition) is 14. The molecule has 0 radical (unpaired) electrons. The van der Waals surface area contributed by atoms with Gasteiger partial charge in [0, 0.05) is 56.3 Å². The number of aliphatic hydroxyl groups excluding tert-OH is 2. The third-order valence-electron chi connectivity index (χ3n) is 15.2. The number of nitrogens with one attached hydrogen (secondary N) is 1. The summed E-state index contributed by atoms with van der Waals surface area (Å²) in [7, 11) is 2.36. The van der Waals surface area contributed by atoms with Gasteiger partial charge in [-0.3, -0.25) is 19.2 Å². The maximum atomic E-state index is 15.2. The second-order valence-electron chi connectivity index (χ2n) is 21.6. The van der Waals surface area contributed by atoms with Gasteiger partial charge in [0.15, 0.2) is 17.2 Å². The number of anilines is 1. The Morgan fingerprint density at radius 3 is 1.37 bits per heavy atom. The number of aliphatic hydroxyl groups is 2. The highest BCUT2D eigenvalue weighted by Gasteiger charge is 2.28. The molecular weight excluding hydrogens is 1040 g/mol. The molecule has 0 spiro atoms. The van der Waals surface area contributed by atoms with Crippen LogP contribution in [0.4, 0.5) is 17.1 Å². The highest BCUT2D eigenvalue weighted by molar-refractivity contribution is 6.04. The number of Topliss-reactive ketones (excluding diaryl/α,β-unsaturated/α-hetero) is 1. The Morgan fingerprint density at radius 1 is 0.537 bits per heavy atom. The number of carbonyl (C=O) groups is 6. The molecular formula is C65H95N7O10. The van der Waals surface area contributed by atoms with E-state index in [1.54, 1.807) is 42.5 Å². The molecule has 0 aliphatic heterocycles. The van der Waals surface area contributed by atoms with Crippen molar-refractivity contribution in [2.75, 3.05) is 45.7 Å². The number of nitrogens with zero attached hydrogens (tertiary/aromatic N) is 6. The number of allylic oxidation sites excluding steroid dienone is 3. The van der Waals surface area contributed by atoms with Crippen LogP contribution in [0.25, 0.3) is 0 Å². The van der Waals surface area contributed by atoms with Crippen molar-refractivity contribution in [3.05, 3.63) is 111 Å². The molecule has 3 rings (SSSR count). The second-order valence-corrected chi connectivity index (χ2v) is 21.6. The van der Waals surface area contributed by atoms with E-state index in [9.17, 15) is 29.4 Å². The first-order chi connectivity index (χ1) is 39.3. The van der Waals surface area contributed by atoms with Crippen LogP contribution >= 0.6 is 0 Å². The number of ether oxygens (including phenoxy) is 2. The minimum Gasteiger partial charge on any atom is -0.510 e. The number of rotatable bonds is 37. The van der Waals surface area contributed by atoms with Crippen molar-refractivity contribution in [1.29, 1.82) is 0 Å². The summed E-state index contributed by atoms with van der Waals surface area (Å²) < 4.78 is 9.60. The van der Waals surface area contributed by atoms with Gasteiger partial charge in [0.05, 0.1) is 31.0 Å². The number of unbranched alkanes of at least 4 members (excludes halogenated alkanes) is 4. The molecule has 0 saturated carbocycles. The molecule has 17 nitrogen and oxygen atoms in total. The zero-order valence-electron chi connectivity index (χ0n) is 51.3. The number of methoxy groups -OCH3 is 2. The summed E-state index contributed by atoms with van der Waals surface area (Å²) in [6, 6.07) is 15.2. The summed E-state index contributed by atoms with van der Waals surface area (Å²) in [5.41, 5.74) is 0.680. The molecule has 0 aliphatic rings. The SMILES string of the molecule is CCCCC(CC)CN(CC(CC)CCCC)C(=O)c1cc(N=NC(C(=O)Nc2ccc(CC(O)=C(N=Nc3cc(C(=O)OC)ccc3C(=O)OC)C(C)=O)cc2)=C(C)O)cc(C(=O)N(CC(CC)CCCC)CC(CC)CCCC)c1. The Balaban J connectivity index is 2.11. The number of azo groups is 2. The number of benzene rings is 3. The van der Waals surface area contributed by atoms with Gasteiger partial charge in [-0.05, 0) is 110 Å². The topological polar surface area (TPSA) is 229 Å². The lowest BCUT2D eigenvalue weighted by atomic mass is 9.94. The van der Waals surface area contributed by atoms with Gasteiger partial charge in [0.1, 0.15) is 17.2 Å². The summed E-state index contributed by atoms with van der Waals surface area (Å²) in [6.07, 6.45) is 16.0. The first-order valence-electron chi connectivity index (χ1n) is 30.0. The number of hydrogen-bond donors (Lipinski definition) is 3. The van der Waals surface area contributed by atoms with Crippen molar-refractivity contribution in [1.82, 2.24) is 9.80 Å². The van der Waals surface area contributed by atoms with Crippen molar-refractivity contribution >= 4 is 52.5 Å². The first kappa shape index (κ1) is 69.2. The van der Waals surface area contributed by atoms with Gasteiger partial charge in [0.2, 0.25) is 0 Å². The van der Waals surface area contributed by atoms with Crippen LogP contribution in [0.5, 0.6) is 0 Å². The summed E-state index contributed by atoms with van der Waals surface area (Å²) >= 11 is 0. The molecule has 0 heterocycles. The van der Waals surface area contributed by atoms with Crippen molar-refractivity contribution < 1.29 is 48.5 Å². The monoisotopic (exact) mass is 1130 g/mol. The molecule has 3 N–H and O–H groups in total. The first-order valence-corrected chi connectivity index (χ1v) is 30.0. The zero-order valence-corrected chi connectivity index (χ0v) is 51.3. The predicted octanol–water partition coefficient (Wildman–Crippen LogP) is 16.2. The Morgan fingerprint density at radius 2 is 0.976 bits per heavy atom. The van der Waals surface area contributed by atoms with E-state index in [1.165, 1.54) is 46.3 Å². The van der Waals surface area contributed by atoms with Crippen LogP contribution in [-0.4, -0.2) is 95.9 Å². The number of carbonyl (C=O) groups excluding carboxylic acids is 6. The van der Waals surface area contributed by atoms with Crippen molar-refractivity contribution in [3.8, 4) is 0 Å². The molecule has 0 aromatic heterocycles. The largest absolute Gasteiger partial charge is 0.510 e. The third-order valence-corrected chi connectivity index (χ3v) is 15.2. The van der Waals surface area contributed by atoms with Crippen LogP contribution in [-0.2, 0) is 25.5 Å². The Kier molecular flexibility index (Phi) is 31.4. The lowest BCUT2D eigenvalue weighted by Gasteiger charge is -2.32. The molecule has 0 aliphatic carbocycles. The second kappa shape index (κ2) is 37.1. The summed E-state index contributed by atoms with van der Waals surface area (Å²) in [5, 5.41) is 41.6. The van der Waals surface area contributed by atoms with E-state index in [2.05, 4.69) is 81.2 Å². The number of ketones is 1. The Bertz CT molecular complexity index is 2570. The number of amides is 3. The van der Waals surface area contributed by atoms with Crippen LogP contribution in [0.2, 0.25) is 0 Å². The van der Waals surface area contributed by atoms with Gasteiger partial charge >= 0.3 is 11.9 Å². The van der Waals surface area contributed by atoms with Crippen LogP contribution in [0, 0.1) is 23.7 Å². The summed E-state index contributed by atoms with van der Waals surface area (Å²) in [4.78, 5) is 85.7. The molecule has 0 saturated heterocycles. The van der Waals surface area contributed by atoms with E-state index >= 15 is 9.59 Å². The molecule has 0 bridgehead atoms. The molecule has 450 valence electrons. The molecule has 4 atom stereocenters. The molecule has 4 unspecified atom stereocenters. The van der Waals surface area contributed by atoms with Gasteiger partial charge in [-0.25, -0.2) is 9.59 Å². The van der Waals surface area contributed by atoms with Gasteiger partial charge in [-0.2, -0.15) is 5.11 Å². The maximum Gasteiger partial charge on any atom is 0.340 e. The Hall–Kier alpha value is -7.04. The van der Waals surface area contributed by atoms with Gasteiger partial charge in [-0.15, -0.1) is 15.3 Å². The molecule has 82 heavy (non-hydrogen) atoms. The van der Waals surface area contributed by atoms with Crippen LogP contribution in [0.15, 0.2) is 104 Å². The van der Waals surface area contributed by atoms with Gasteiger partial charge in [0.25, 0.3) is 17.7 Å². The fourth-order valence-electron chi connectivity index (χ4n) is 9.82. The van der Waals surface area contributed by atoms with Gasteiger partial charge < -0.3 is 34.8 Å². The predicted molar refractivity (Wildman–Crippen MR) is 324 cm³/mol. The van der Waals surface area contributed by atoms with Crippen LogP contribution in [0.1, 0.15) is 219 Å². The fraction of sp³-hybridized carbons (Fsp3) is 0.569. The Labute approximate surface area is 488 Å². The van der Waals surface area contributed by atoms with Crippen molar-refractivity contribution in [2.24, 2.45) is 44.1 Å². The quantitative estimate of drug-likeness (QED) is 0.0214. The minimum atomic E-state index is -0.798. The van der Waals surface area contributed by atoms with E-state index in [-0.39, 0.29) is 40.7 Å². The average Bonchev–Trinajstić information content (AvgIpc) is 3.54. The normalized spacial score (nSPS) is 13.7. The molecule has 0 fully saturated rings. The zero-order chi connectivity index (χ0) is 60.7. The highest BCUT2D eigenvalue weighted by atomic mass is 16.5. The summed E-state index contributed by atoms with van der Waals surface area (Å²) in [6.45, 7) is 22.3. The van der Waals surface area contributed by atoms with E-state index in [1.807, 2.05) is 9.80 Å². The molecule has 3 amide bonds. The minimum absolute atomic E-state index is 0.0475. The van der Waals surface area contributed by atoms with Crippen molar-refractivity contribution in [2.45, 2.75) is 178 Å². The maximum absolute atomic E-state index is 15.2. The molecule has 3 aromatic carbocycles. The van der Waals surface area contributed by atoms with Crippen LogP contribution in [0.3, 0.4) is 0 Å². The van der Waals surface area contributed by atoms with Crippen molar-refractivity contribution in [3.63, 3.8) is 0 Å². The number of esters is 2. The van der Waals surface area contributed by atoms with Crippen LogP contribution < -0.4 is 5.32 Å².